The van der Waals surface area contributed by atoms with E-state index in [0.29, 0.717) is 0 Å². The lowest BCUT2D eigenvalue weighted by Gasteiger charge is -2.24. The van der Waals surface area contributed by atoms with E-state index in [1.807, 2.05) is 7.05 Å². The first-order valence-corrected chi connectivity index (χ1v) is 3.66. The van der Waals surface area contributed by atoms with Crippen molar-refractivity contribution >= 4 is 0 Å². The molecule has 0 radical (unpaired) electrons. The first-order chi connectivity index (χ1) is 4.34. The van der Waals surface area contributed by atoms with Crippen molar-refractivity contribution in [2.24, 2.45) is 0 Å². The summed E-state index contributed by atoms with van der Waals surface area (Å²) < 4.78 is 12.8. The van der Waals surface area contributed by atoms with E-state index in [1.165, 1.54) is 6.42 Å². The standard InChI is InChI=1S/C7H14FN/c1-9-7-5-3-2-4-6(7)8/h6-7,9H,2-5H2,1H3. The molecule has 0 aromatic rings. The molecule has 2 unspecified atom stereocenters. The van der Waals surface area contributed by atoms with Gasteiger partial charge in [0.05, 0.1) is 0 Å². The molecule has 0 aliphatic heterocycles. The zero-order chi connectivity index (χ0) is 6.69. The molecular formula is C7H14FN. The minimum atomic E-state index is -0.594. The first-order valence-electron chi connectivity index (χ1n) is 3.66. The predicted octanol–water partition coefficient (Wildman–Crippen LogP) is 1.49. The topological polar surface area (TPSA) is 12.0 Å². The molecule has 0 bridgehead atoms. The molecule has 1 aliphatic carbocycles. The van der Waals surface area contributed by atoms with E-state index in [-0.39, 0.29) is 6.04 Å². The van der Waals surface area contributed by atoms with Crippen molar-refractivity contribution in [1.82, 2.24) is 5.32 Å². The Morgan fingerprint density at radius 1 is 1.33 bits per heavy atom. The highest BCUT2D eigenvalue weighted by atomic mass is 19.1. The second-order valence-corrected chi connectivity index (χ2v) is 2.70. The Kier molecular flexibility index (Phi) is 2.46. The van der Waals surface area contributed by atoms with E-state index in [0.717, 1.165) is 19.3 Å². The van der Waals surface area contributed by atoms with Gasteiger partial charge in [0.25, 0.3) is 0 Å². The molecule has 9 heavy (non-hydrogen) atoms. The number of alkyl halides is 1. The number of hydrogen-bond acceptors (Lipinski definition) is 1. The summed E-state index contributed by atoms with van der Waals surface area (Å²) in [5, 5.41) is 2.98. The Labute approximate surface area is 55.6 Å². The van der Waals surface area contributed by atoms with E-state index in [4.69, 9.17) is 0 Å². The first kappa shape index (κ1) is 7.00. The maximum atomic E-state index is 12.8. The van der Waals surface area contributed by atoms with Gasteiger partial charge in [0.15, 0.2) is 0 Å². The van der Waals surface area contributed by atoms with Crippen molar-refractivity contribution in [3.63, 3.8) is 0 Å². The van der Waals surface area contributed by atoms with Crippen LogP contribution in [0.5, 0.6) is 0 Å². The molecule has 0 amide bonds. The Hall–Kier alpha value is -0.110. The van der Waals surface area contributed by atoms with Crippen LogP contribution in [-0.2, 0) is 0 Å². The fourth-order valence-corrected chi connectivity index (χ4v) is 1.41. The molecule has 0 heterocycles. The van der Waals surface area contributed by atoms with Gasteiger partial charge in [0.2, 0.25) is 0 Å². The highest BCUT2D eigenvalue weighted by molar-refractivity contribution is 4.78. The van der Waals surface area contributed by atoms with Gasteiger partial charge in [0, 0.05) is 6.04 Å². The predicted molar refractivity (Wildman–Crippen MR) is 36.2 cm³/mol. The van der Waals surface area contributed by atoms with Crippen LogP contribution in [0.15, 0.2) is 0 Å². The largest absolute Gasteiger partial charge is 0.314 e. The number of halogens is 1. The average Bonchev–Trinajstić information content (AvgIpc) is 1.89. The molecule has 0 aromatic heterocycles. The van der Waals surface area contributed by atoms with Gasteiger partial charge in [0.1, 0.15) is 6.17 Å². The lowest BCUT2D eigenvalue weighted by Crippen LogP contribution is -2.37. The van der Waals surface area contributed by atoms with Crippen molar-refractivity contribution in [3.8, 4) is 0 Å². The molecule has 1 saturated carbocycles. The van der Waals surface area contributed by atoms with E-state index in [2.05, 4.69) is 5.32 Å². The normalized spacial score (nSPS) is 36.7. The van der Waals surface area contributed by atoms with Crippen LogP contribution in [0.3, 0.4) is 0 Å². The lowest BCUT2D eigenvalue weighted by atomic mass is 9.94. The summed E-state index contributed by atoms with van der Waals surface area (Å²) in [6.45, 7) is 0. The van der Waals surface area contributed by atoms with E-state index in [1.54, 1.807) is 0 Å². The van der Waals surface area contributed by atoms with Crippen LogP contribution in [0.1, 0.15) is 25.7 Å². The van der Waals surface area contributed by atoms with Gasteiger partial charge in [-0.2, -0.15) is 0 Å². The van der Waals surface area contributed by atoms with Gasteiger partial charge in [-0.3, -0.25) is 0 Å². The monoisotopic (exact) mass is 131 g/mol. The quantitative estimate of drug-likeness (QED) is 0.568. The highest BCUT2D eigenvalue weighted by Crippen LogP contribution is 2.20. The summed E-state index contributed by atoms with van der Waals surface area (Å²) in [4.78, 5) is 0. The molecule has 1 rings (SSSR count). The second kappa shape index (κ2) is 3.16. The van der Waals surface area contributed by atoms with Crippen LogP contribution in [0, 0.1) is 0 Å². The molecule has 0 saturated heterocycles. The SMILES string of the molecule is CNC1CCCCC1F. The maximum absolute atomic E-state index is 12.8. The number of nitrogens with one attached hydrogen (secondary N) is 1. The van der Waals surface area contributed by atoms with E-state index >= 15 is 0 Å². The summed E-state index contributed by atoms with van der Waals surface area (Å²) in [6, 6.07) is 0.138. The summed E-state index contributed by atoms with van der Waals surface area (Å²) in [5.41, 5.74) is 0. The van der Waals surface area contributed by atoms with Crippen LogP contribution < -0.4 is 5.32 Å². The van der Waals surface area contributed by atoms with Gasteiger partial charge < -0.3 is 5.32 Å². The zero-order valence-corrected chi connectivity index (χ0v) is 5.86. The minimum Gasteiger partial charge on any atom is -0.314 e. The fraction of sp³-hybridized carbons (Fsp3) is 1.00. The average molecular weight is 131 g/mol. The Morgan fingerprint density at radius 3 is 2.44 bits per heavy atom. The van der Waals surface area contributed by atoms with Gasteiger partial charge >= 0.3 is 0 Å². The van der Waals surface area contributed by atoms with Gasteiger partial charge in [-0.15, -0.1) is 0 Å². The van der Waals surface area contributed by atoms with E-state index < -0.39 is 6.17 Å². The van der Waals surface area contributed by atoms with Crippen molar-refractivity contribution < 1.29 is 4.39 Å². The van der Waals surface area contributed by atoms with Crippen molar-refractivity contribution in [1.29, 1.82) is 0 Å². The van der Waals surface area contributed by atoms with E-state index in [9.17, 15) is 4.39 Å². The zero-order valence-electron chi connectivity index (χ0n) is 5.86. The smallest absolute Gasteiger partial charge is 0.115 e. The van der Waals surface area contributed by atoms with Crippen molar-refractivity contribution in [2.75, 3.05) is 7.05 Å². The third-order valence-electron chi connectivity index (χ3n) is 2.05. The summed E-state index contributed by atoms with van der Waals surface area (Å²) in [5.74, 6) is 0. The number of hydrogen-bond donors (Lipinski definition) is 1. The third-order valence-corrected chi connectivity index (χ3v) is 2.05. The molecule has 0 aromatic carbocycles. The fourth-order valence-electron chi connectivity index (χ4n) is 1.41. The number of rotatable bonds is 1. The molecule has 2 heteroatoms. The molecule has 1 nitrogen and oxygen atoms in total. The van der Waals surface area contributed by atoms with Crippen molar-refractivity contribution in [3.05, 3.63) is 0 Å². The van der Waals surface area contributed by atoms with Crippen LogP contribution >= 0.6 is 0 Å². The summed E-state index contributed by atoms with van der Waals surface area (Å²) in [6.07, 6.45) is 3.43. The van der Waals surface area contributed by atoms with Crippen LogP contribution in [-0.4, -0.2) is 19.3 Å². The molecule has 1 aliphatic rings. The highest BCUT2D eigenvalue weighted by Gasteiger charge is 2.22. The van der Waals surface area contributed by atoms with Crippen molar-refractivity contribution in [2.45, 2.75) is 37.9 Å². The maximum Gasteiger partial charge on any atom is 0.115 e. The van der Waals surface area contributed by atoms with Crippen LogP contribution in [0.25, 0.3) is 0 Å². The van der Waals surface area contributed by atoms with Gasteiger partial charge in [-0.05, 0) is 19.9 Å². The molecule has 0 spiro atoms. The Morgan fingerprint density at radius 2 is 2.00 bits per heavy atom. The second-order valence-electron chi connectivity index (χ2n) is 2.70. The van der Waals surface area contributed by atoms with Crippen LogP contribution in [0.4, 0.5) is 4.39 Å². The minimum absolute atomic E-state index is 0.138. The Bertz CT molecular complexity index is 85.0. The Balaban J connectivity index is 2.30. The molecule has 1 N–H and O–H groups in total. The van der Waals surface area contributed by atoms with Gasteiger partial charge in [-0.25, -0.2) is 4.39 Å². The molecule has 2 atom stereocenters. The molecule has 1 fully saturated rings. The summed E-state index contributed by atoms with van der Waals surface area (Å²) >= 11 is 0. The molecule has 54 valence electrons. The lowest BCUT2D eigenvalue weighted by molar-refractivity contribution is 0.196. The van der Waals surface area contributed by atoms with Crippen LogP contribution in [0.2, 0.25) is 0 Å². The third kappa shape index (κ3) is 1.65. The van der Waals surface area contributed by atoms with Gasteiger partial charge in [-0.1, -0.05) is 12.8 Å². The summed E-state index contributed by atoms with van der Waals surface area (Å²) in [7, 11) is 1.84. The molecular weight excluding hydrogens is 117 g/mol.